The van der Waals surface area contributed by atoms with E-state index in [9.17, 15) is 0 Å². The Kier molecular flexibility index (Phi) is 3.03. The number of hydrogen-bond donors (Lipinski definition) is 1. The lowest BCUT2D eigenvalue weighted by Gasteiger charge is -2.30. The molecule has 2 aliphatic rings. The van der Waals surface area contributed by atoms with Crippen molar-refractivity contribution >= 4 is 0 Å². The highest BCUT2D eigenvalue weighted by molar-refractivity contribution is 5.51. The second-order valence-corrected chi connectivity index (χ2v) is 7.66. The molecule has 23 heavy (non-hydrogen) atoms. The van der Waals surface area contributed by atoms with E-state index in [4.69, 9.17) is 4.74 Å². The zero-order valence-electron chi connectivity index (χ0n) is 14.6. The summed E-state index contributed by atoms with van der Waals surface area (Å²) in [6.07, 6.45) is 2.06. The van der Waals surface area contributed by atoms with Gasteiger partial charge in [-0.15, -0.1) is 0 Å². The number of ether oxygens (including phenoxy) is 1. The standard InChI is InChI=1S/C21H25NO/c1-12-6-8-15(9-7-12)18-17-14(3)19-16(10-11-22-19)13(2)20(17)23-21(18,4)5/h6-11,13-14,18,22H,1-5H3. The molecule has 0 amide bonds. The number of aryl methyl sites for hydroxylation is 1. The van der Waals surface area contributed by atoms with Gasteiger partial charge in [0.05, 0.1) is 0 Å². The summed E-state index contributed by atoms with van der Waals surface area (Å²) in [6.45, 7) is 11.2. The average Bonchev–Trinajstić information content (AvgIpc) is 3.08. The smallest absolute Gasteiger partial charge is 0.114 e. The molecular weight excluding hydrogens is 282 g/mol. The van der Waals surface area contributed by atoms with E-state index in [0.717, 1.165) is 0 Å². The van der Waals surface area contributed by atoms with E-state index in [1.165, 1.54) is 33.7 Å². The number of allylic oxidation sites excluding steroid dienone is 1. The molecule has 1 aromatic heterocycles. The van der Waals surface area contributed by atoms with Crippen LogP contribution in [0.5, 0.6) is 0 Å². The third kappa shape index (κ3) is 2.00. The number of benzene rings is 1. The molecular formula is C21H25NO. The molecule has 0 bridgehead atoms. The van der Waals surface area contributed by atoms with Gasteiger partial charge >= 0.3 is 0 Å². The van der Waals surface area contributed by atoms with E-state index in [-0.39, 0.29) is 5.60 Å². The van der Waals surface area contributed by atoms with Crippen LogP contribution in [-0.4, -0.2) is 10.6 Å². The van der Waals surface area contributed by atoms with Crippen LogP contribution in [0.4, 0.5) is 0 Å². The van der Waals surface area contributed by atoms with Gasteiger partial charge in [0.25, 0.3) is 0 Å². The highest BCUT2D eigenvalue weighted by Crippen LogP contribution is 2.57. The summed E-state index contributed by atoms with van der Waals surface area (Å²) in [6, 6.07) is 11.2. The number of aromatic nitrogens is 1. The van der Waals surface area contributed by atoms with Gasteiger partial charge in [-0.2, -0.15) is 0 Å². The molecule has 1 N–H and O–H groups in total. The highest BCUT2D eigenvalue weighted by atomic mass is 16.5. The minimum absolute atomic E-state index is 0.202. The van der Waals surface area contributed by atoms with Crippen LogP contribution >= 0.6 is 0 Å². The Labute approximate surface area is 138 Å². The van der Waals surface area contributed by atoms with E-state index in [1.54, 1.807) is 0 Å². The topological polar surface area (TPSA) is 25.0 Å². The second-order valence-electron chi connectivity index (χ2n) is 7.66. The van der Waals surface area contributed by atoms with Gasteiger partial charge in [0.15, 0.2) is 0 Å². The third-order valence-corrected chi connectivity index (χ3v) is 5.65. The summed E-state index contributed by atoms with van der Waals surface area (Å²) in [5.74, 6) is 2.21. The maximum absolute atomic E-state index is 6.52. The predicted molar refractivity (Wildman–Crippen MR) is 93.7 cm³/mol. The molecule has 0 spiro atoms. The molecule has 1 aliphatic heterocycles. The van der Waals surface area contributed by atoms with Crippen LogP contribution in [0, 0.1) is 6.92 Å². The Morgan fingerprint density at radius 3 is 2.39 bits per heavy atom. The third-order valence-electron chi connectivity index (χ3n) is 5.65. The van der Waals surface area contributed by atoms with Crippen molar-refractivity contribution in [2.75, 3.05) is 0 Å². The molecule has 1 aromatic carbocycles. The van der Waals surface area contributed by atoms with E-state index in [2.05, 4.69) is 76.1 Å². The van der Waals surface area contributed by atoms with Crippen molar-refractivity contribution in [3.8, 4) is 0 Å². The Hall–Kier alpha value is -1.96. The summed E-state index contributed by atoms with van der Waals surface area (Å²) >= 11 is 0. The van der Waals surface area contributed by atoms with E-state index in [1.807, 2.05) is 0 Å². The first kappa shape index (κ1) is 14.6. The number of aromatic amines is 1. The Morgan fingerprint density at radius 1 is 1.00 bits per heavy atom. The Balaban J connectivity index is 1.87. The highest BCUT2D eigenvalue weighted by Gasteiger charge is 2.49. The van der Waals surface area contributed by atoms with Crippen molar-refractivity contribution in [2.45, 2.75) is 58.0 Å². The molecule has 2 nitrogen and oxygen atoms in total. The summed E-state index contributed by atoms with van der Waals surface area (Å²) in [5.41, 5.74) is 6.66. The van der Waals surface area contributed by atoms with Crippen molar-refractivity contribution in [1.82, 2.24) is 4.98 Å². The summed E-state index contributed by atoms with van der Waals surface area (Å²) in [4.78, 5) is 3.47. The minimum atomic E-state index is -0.202. The van der Waals surface area contributed by atoms with Crippen molar-refractivity contribution < 1.29 is 4.74 Å². The van der Waals surface area contributed by atoms with Crippen molar-refractivity contribution in [2.24, 2.45) is 0 Å². The molecule has 4 rings (SSSR count). The molecule has 3 unspecified atom stereocenters. The second kappa shape index (κ2) is 4.77. The van der Waals surface area contributed by atoms with Gasteiger partial charge in [0.1, 0.15) is 11.4 Å². The first-order valence-electron chi connectivity index (χ1n) is 8.57. The molecule has 2 heteroatoms. The number of fused-ring (bicyclic) bond motifs is 1. The quantitative estimate of drug-likeness (QED) is 0.750. The van der Waals surface area contributed by atoms with E-state index in [0.29, 0.717) is 17.8 Å². The summed E-state index contributed by atoms with van der Waals surface area (Å²) < 4.78 is 6.52. The zero-order chi connectivity index (χ0) is 16.4. The molecule has 2 aromatic rings. The van der Waals surface area contributed by atoms with Crippen LogP contribution in [0.3, 0.4) is 0 Å². The normalized spacial score (nSPS) is 28.3. The van der Waals surface area contributed by atoms with E-state index >= 15 is 0 Å². The van der Waals surface area contributed by atoms with Crippen LogP contribution in [0.25, 0.3) is 0 Å². The lowest BCUT2D eigenvalue weighted by Crippen LogP contribution is -2.28. The maximum atomic E-state index is 6.52. The van der Waals surface area contributed by atoms with Gasteiger partial charge in [-0.1, -0.05) is 43.7 Å². The van der Waals surface area contributed by atoms with Gasteiger partial charge in [-0.25, -0.2) is 0 Å². The molecule has 0 radical (unpaired) electrons. The molecule has 0 fully saturated rings. The van der Waals surface area contributed by atoms with Crippen molar-refractivity contribution in [3.63, 3.8) is 0 Å². The summed E-state index contributed by atoms with van der Waals surface area (Å²) in [5, 5.41) is 0. The van der Waals surface area contributed by atoms with Crippen LogP contribution in [-0.2, 0) is 4.74 Å². The van der Waals surface area contributed by atoms with Gasteiger partial charge in [0, 0.05) is 29.6 Å². The molecule has 3 atom stereocenters. The van der Waals surface area contributed by atoms with Gasteiger partial charge in [-0.05, 0) is 43.5 Å². The number of H-pyrrole nitrogens is 1. The Morgan fingerprint density at radius 2 is 1.70 bits per heavy atom. The SMILES string of the molecule is Cc1ccc(C2C3=C(OC2(C)C)C(C)c2cc[nH]c2C3C)cc1. The van der Waals surface area contributed by atoms with Crippen LogP contribution < -0.4 is 0 Å². The maximum Gasteiger partial charge on any atom is 0.114 e. The monoisotopic (exact) mass is 307 g/mol. The van der Waals surface area contributed by atoms with Gasteiger partial charge in [-0.3, -0.25) is 0 Å². The van der Waals surface area contributed by atoms with Gasteiger partial charge < -0.3 is 9.72 Å². The summed E-state index contributed by atoms with van der Waals surface area (Å²) in [7, 11) is 0. The van der Waals surface area contributed by atoms with Crippen LogP contribution in [0.15, 0.2) is 47.9 Å². The van der Waals surface area contributed by atoms with Crippen LogP contribution in [0.1, 0.15) is 67.8 Å². The van der Waals surface area contributed by atoms with Crippen molar-refractivity contribution in [3.05, 3.63) is 70.2 Å². The van der Waals surface area contributed by atoms with Gasteiger partial charge in [0.2, 0.25) is 0 Å². The fraction of sp³-hybridized carbons (Fsp3) is 0.429. The first-order valence-corrected chi connectivity index (χ1v) is 8.57. The largest absolute Gasteiger partial charge is 0.491 e. The predicted octanol–water partition coefficient (Wildman–Crippen LogP) is 5.39. The zero-order valence-corrected chi connectivity index (χ0v) is 14.6. The number of hydrogen-bond acceptors (Lipinski definition) is 1. The molecule has 1 aliphatic carbocycles. The van der Waals surface area contributed by atoms with Crippen LogP contribution in [0.2, 0.25) is 0 Å². The van der Waals surface area contributed by atoms with E-state index < -0.39 is 0 Å². The Bertz CT molecular complexity index is 778. The molecule has 2 heterocycles. The first-order chi connectivity index (χ1) is 10.9. The molecule has 0 saturated carbocycles. The lowest BCUT2D eigenvalue weighted by atomic mass is 9.71. The lowest BCUT2D eigenvalue weighted by molar-refractivity contribution is 0.0410. The number of rotatable bonds is 1. The fourth-order valence-electron chi connectivity index (χ4n) is 4.50. The molecule has 0 saturated heterocycles. The number of nitrogens with one attached hydrogen (secondary N) is 1. The van der Waals surface area contributed by atoms with Crippen molar-refractivity contribution in [1.29, 1.82) is 0 Å². The average molecular weight is 307 g/mol. The fourth-order valence-corrected chi connectivity index (χ4v) is 4.50. The molecule has 120 valence electrons. The minimum Gasteiger partial charge on any atom is -0.491 e.